The maximum atomic E-state index is 13.1. The van der Waals surface area contributed by atoms with Crippen molar-refractivity contribution in [1.82, 2.24) is 0 Å². The van der Waals surface area contributed by atoms with Crippen LogP contribution in [-0.2, 0) is 19.1 Å². The van der Waals surface area contributed by atoms with Gasteiger partial charge in [0.25, 0.3) is 0 Å². The van der Waals surface area contributed by atoms with E-state index < -0.39 is 17.4 Å². The lowest BCUT2D eigenvalue weighted by molar-refractivity contribution is -0.153. The van der Waals surface area contributed by atoms with Crippen LogP contribution in [0.4, 0.5) is 5.69 Å². The monoisotopic (exact) mass is 341 g/mol. The molecular weight excluding hydrogens is 318 g/mol. The summed E-state index contributed by atoms with van der Waals surface area (Å²) in [7, 11) is 0. The number of amides is 1. The Labute approximate surface area is 147 Å². The molecule has 0 unspecified atom stereocenters. The number of nitrogens with zero attached hydrogens (tertiary/aromatic N) is 1. The van der Waals surface area contributed by atoms with Gasteiger partial charge in [-0.1, -0.05) is 43.7 Å². The van der Waals surface area contributed by atoms with Gasteiger partial charge < -0.3 is 14.4 Å². The summed E-state index contributed by atoms with van der Waals surface area (Å²) < 4.78 is 11.5. The van der Waals surface area contributed by atoms with Crippen molar-refractivity contribution in [1.29, 1.82) is 0 Å². The molecule has 1 aromatic carbocycles. The van der Waals surface area contributed by atoms with Crippen molar-refractivity contribution in [3.8, 4) is 0 Å². The molecule has 0 aromatic heterocycles. The van der Waals surface area contributed by atoms with Crippen LogP contribution in [0.1, 0.15) is 19.4 Å². The third kappa shape index (κ3) is 2.49. The highest BCUT2D eigenvalue weighted by atomic mass is 16.6. The van der Waals surface area contributed by atoms with E-state index in [2.05, 4.69) is 0 Å². The van der Waals surface area contributed by atoms with Gasteiger partial charge in [0, 0.05) is 5.69 Å². The number of benzene rings is 1. The zero-order chi connectivity index (χ0) is 17.8. The van der Waals surface area contributed by atoms with Crippen molar-refractivity contribution < 1.29 is 19.1 Å². The second-order valence-corrected chi connectivity index (χ2v) is 7.68. The molecule has 0 N–H and O–H groups in total. The molecule has 0 radical (unpaired) electrons. The van der Waals surface area contributed by atoms with E-state index in [1.165, 1.54) is 0 Å². The highest BCUT2D eigenvalue weighted by Crippen LogP contribution is 2.52. The molecule has 2 fully saturated rings. The van der Waals surface area contributed by atoms with Crippen LogP contribution in [0.3, 0.4) is 0 Å². The Kier molecular flexibility index (Phi) is 3.72. The summed E-state index contributed by atoms with van der Waals surface area (Å²) in [5, 5.41) is 0. The Balaban J connectivity index is 1.61. The van der Waals surface area contributed by atoms with E-state index in [0.717, 1.165) is 11.3 Å². The zero-order valence-corrected chi connectivity index (χ0v) is 14.8. The molecule has 3 heterocycles. The van der Waals surface area contributed by atoms with Crippen LogP contribution in [0.2, 0.25) is 0 Å². The molecule has 25 heavy (non-hydrogen) atoms. The van der Waals surface area contributed by atoms with Crippen molar-refractivity contribution in [3.05, 3.63) is 42.0 Å². The molecule has 2 bridgehead atoms. The number of carbonyl (C=O) groups is 2. The highest BCUT2D eigenvalue weighted by molar-refractivity contribution is 6.02. The number of ether oxygens (including phenoxy) is 2. The van der Waals surface area contributed by atoms with E-state index in [-0.39, 0.29) is 23.9 Å². The van der Waals surface area contributed by atoms with Crippen LogP contribution in [0.15, 0.2) is 36.4 Å². The molecule has 1 spiro atoms. The Morgan fingerprint density at radius 2 is 2.08 bits per heavy atom. The number of esters is 1. The van der Waals surface area contributed by atoms with Crippen molar-refractivity contribution in [3.63, 3.8) is 0 Å². The standard InChI is InChI=1S/C20H23NO4/c1-12(2)10-24-19(23)16-15-8-9-20(25-15)11-21(18(22)17(16)20)14-6-4-13(3)5-7-14/h4-9,12,15-17H,10-11H2,1-3H3/t15-,16+,17-,20-/m0/s1. The molecule has 1 aromatic rings. The molecular formula is C20H23NO4. The Bertz CT molecular complexity index is 739. The predicted molar refractivity (Wildman–Crippen MR) is 93.1 cm³/mol. The SMILES string of the molecule is Cc1ccc(N2C[C@]34C=C[C@H](O3)[C@@H](C(=O)OCC(C)C)[C@H]4C2=O)cc1. The average Bonchev–Trinajstić information content (AvgIpc) is 3.22. The van der Waals surface area contributed by atoms with E-state index in [1.807, 2.05) is 57.2 Å². The normalized spacial score (nSPS) is 32.6. The van der Waals surface area contributed by atoms with E-state index in [4.69, 9.17) is 9.47 Å². The van der Waals surface area contributed by atoms with Crippen LogP contribution in [-0.4, -0.2) is 36.7 Å². The number of fused-ring (bicyclic) bond motifs is 1. The summed E-state index contributed by atoms with van der Waals surface area (Å²) in [4.78, 5) is 27.5. The lowest BCUT2D eigenvalue weighted by atomic mass is 9.77. The zero-order valence-electron chi connectivity index (χ0n) is 14.8. The molecule has 0 saturated carbocycles. The summed E-state index contributed by atoms with van der Waals surface area (Å²) in [5.41, 5.74) is 1.28. The van der Waals surface area contributed by atoms with E-state index in [0.29, 0.717) is 13.2 Å². The van der Waals surface area contributed by atoms with Gasteiger partial charge in [0.1, 0.15) is 11.5 Å². The summed E-state index contributed by atoms with van der Waals surface area (Å²) in [6.45, 7) is 6.80. The van der Waals surface area contributed by atoms with Crippen molar-refractivity contribution >= 4 is 17.6 Å². The second kappa shape index (κ2) is 5.70. The van der Waals surface area contributed by atoms with E-state index in [9.17, 15) is 9.59 Å². The van der Waals surface area contributed by atoms with Gasteiger partial charge in [0.2, 0.25) is 5.91 Å². The molecule has 4 atom stereocenters. The van der Waals surface area contributed by atoms with Crippen LogP contribution in [0.5, 0.6) is 0 Å². The molecule has 3 aliphatic rings. The Morgan fingerprint density at radius 3 is 2.76 bits per heavy atom. The maximum absolute atomic E-state index is 13.1. The van der Waals surface area contributed by atoms with Gasteiger partial charge in [0.15, 0.2) is 0 Å². The summed E-state index contributed by atoms with van der Waals surface area (Å²) >= 11 is 0. The minimum atomic E-state index is -0.700. The van der Waals surface area contributed by atoms with Crippen LogP contribution in [0.25, 0.3) is 0 Å². The number of hydrogen-bond acceptors (Lipinski definition) is 4. The Hall–Kier alpha value is -2.14. The number of rotatable bonds is 4. The fourth-order valence-electron chi connectivity index (χ4n) is 4.06. The first kappa shape index (κ1) is 16.3. The van der Waals surface area contributed by atoms with Gasteiger partial charge in [-0.2, -0.15) is 0 Å². The minimum Gasteiger partial charge on any atom is -0.465 e. The first-order valence-electron chi connectivity index (χ1n) is 8.83. The van der Waals surface area contributed by atoms with Gasteiger partial charge in [-0.15, -0.1) is 0 Å². The average molecular weight is 341 g/mol. The van der Waals surface area contributed by atoms with Gasteiger partial charge in [0.05, 0.1) is 25.2 Å². The van der Waals surface area contributed by atoms with Crippen molar-refractivity contribution in [2.45, 2.75) is 32.5 Å². The van der Waals surface area contributed by atoms with E-state index >= 15 is 0 Å². The van der Waals surface area contributed by atoms with Crippen molar-refractivity contribution in [2.75, 3.05) is 18.1 Å². The molecule has 132 valence electrons. The topological polar surface area (TPSA) is 55.8 Å². The van der Waals surface area contributed by atoms with Gasteiger partial charge in [-0.25, -0.2) is 0 Å². The maximum Gasteiger partial charge on any atom is 0.312 e. The molecule has 5 heteroatoms. The van der Waals surface area contributed by atoms with Gasteiger partial charge in [-0.05, 0) is 25.0 Å². The highest BCUT2D eigenvalue weighted by Gasteiger charge is 2.67. The molecule has 1 amide bonds. The van der Waals surface area contributed by atoms with E-state index in [1.54, 1.807) is 4.90 Å². The molecule has 4 rings (SSSR count). The Morgan fingerprint density at radius 1 is 1.36 bits per heavy atom. The van der Waals surface area contributed by atoms with Crippen LogP contribution in [0, 0.1) is 24.7 Å². The quantitative estimate of drug-likeness (QED) is 0.624. The number of anilines is 1. The van der Waals surface area contributed by atoms with Gasteiger partial charge in [-0.3, -0.25) is 9.59 Å². The molecule has 3 aliphatic heterocycles. The third-order valence-corrected chi connectivity index (χ3v) is 5.28. The summed E-state index contributed by atoms with van der Waals surface area (Å²) in [6, 6.07) is 7.84. The first-order chi connectivity index (χ1) is 11.9. The minimum absolute atomic E-state index is 0.0535. The lowest BCUT2D eigenvalue weighted by Gasteiger charge is -2.23. The number of hydrogen-bond donors (Lipinski definition) is 0. The van der Waals surface area contributed by atoms with Crippen LogP contribution >= 0.6 is 0 Å². The second-order valence-electron chi connectivity index (χ2n) is 7.68. The van der Waals surface area contributed by atoms with Crippen LogP contribution < -0.4 is 4.90 Å². The summed E-state index contributed by atoms with van der Waals surface area (Å²) in [5.74, 6) is -1.16. The number of carbonyl (C=O) groups excluding carboxylic acids is 2. The van der Waals surface area contributed by atoms with Crippen molar-refractivity contribution in [2.24, 2.45) is 17.8 Å². The third-order valence-electron chi connectivity index (χ3n) is 5.28. The lowest BCUT2D eigenvalue weighted by Crippen LogP contribution is -2.40. The number of aryl methyl sites for hydroxylation is 1. The molecule has 0 aliphatic carbocycles. The summed E-state index contributed by atoms with van der Waals surface area (Å²) in [6.07, 6.45) is 3.51. The van der Waals surface area contributed by atoms with Gasteiger partial charge >= 0.3 is 5.97 Å². The predicted octanol–water partition coefficient (Wildman–Crippen LogP) is 2.48. The smallest absolute Gasteiger partial charge is 0.312 e. The fraction of sp³-hybridized carbons (Fsp3) is 0.500. The molecule has 2 saturated heterocycles. The largest absolute Gasteiger partial charge is 0.465 e. The fourth-order valence-corrected chi connectivity index (χ4v) is 4.06. The molecule has 5 nitrogen and oxygen atoms in total. The first-order valence-corrected chi connectivity index (χ1v) is 8.83.